The molecule has 1 aromatic heterocycles. The molecule has 0 atom stereocenters. The van der Waals surface area contributed by atoms with E-state index in [2.05, 4.69) is 18.9 Å². The molecular weight excluding hydrogens is 282 g/mol. The first-order chi connectivity index (χ1) is 10.0. The van der Waals surface area contributed by atoms with Gasteiger partial charge in [-0.15, -0.1) is 0 Å². The predicted molar refractivity (Wildman–Crippen MR) is 86.8 cm³/mol. The second kappa shape index (κ2) is 5.82. The van der Waals surface area contributed by atoms with Crippen LogP contribution in [-0.2, 0) is 15.9 Å². The van der Waals surface area contributed by atoms with Crippen LogP contribution in [0.25, 0.3) is 5.57 Å². The molecule has 0 aliphatic carbocycles. The lowest BCUT2D eigenvalue weighted by molar-refractivity contribution is 0.00578. The van der Waals surface area contributed by atoms with E-state index in [0.29, 0.717) is 11.5 Å². The Bertz CT molecular complexity index is 562. The lowest BCUT2D eigenvalue weighted by Gasteiger charge is -2.32. The van der Waals surface area contributed by atoms with Crippen LogP contribution in [-0.4, -0.2) is 28.1 Å². The summed E-state index contributed by atoms with van der Waals surface area (Å²) < 4.78 is 28.1. The zero-order chi connectivity index (χ0) is 16.7. The first-order valence-corrected chi connectivity index (χ1v) is 7.78. The van der Waals surface area contributed by atoms with E-state index in [1.165, 1.54) is 0 Å². The molecule has 1 fully saturated rings. The van der Waals surface area contributed by atoms with Crippen molar-refractivity contribution in [2.24, 2.45) is 5.92 Å². The van der Waals surface area contributed by atoms with E-state index in [-0.39, 0.29) is 5.73 Å². The average molecular weight is 308 g/mol. The third-order valence-electron chi connectivity index (χ3n) is 4.44. The van der Waals surface area contributed by atoms with Crippen LogP contribution in [0.3, 0.4) is 0 Å². The molecular formula is C16H26BFN2O2. The predicted octanol–water partition coefficient (Wildman–Crippen LogP) is 3.87. The van der Waals surface area contributed by atoms with Crippen molar-refractivity contribution in [3.63, 3.8) is 0 Å². The molecule has 0 spiro atoms. The van der Waals surface area contributed by atoms with Gasteiger partial charge in [-0.3, -0.25) is 4.68 Å². The Morgan fingerprint density at radius 3 is 2.32 bits per heavy atom. The summed E-state index contributed by atoms with van der Waals surface area (Å²) in [7, 11) is -0.960. The van der Waals surface area contributed by atoms with Gasteiger partial charge in [0, 0.05) is 18.3 Å². The smallest absolute Gasteiger partial charge is 0.398 e. The SMILES string of the molecule is CC(=C(F)B1OC(C)(C)C(C)(C)O1)c1cnn(CC(C)C)c1. The van der Waals surface area contributed by atoms with Crippen molar-refractivity contribution in [3.05, 3.63) is 23.7 Å². The molecule has 0 saturated carbocycles. The van der Waals surface area contributed by atoms with E-state index in [4.69, 9.17) is 9.31 Å². The molecule has 22 heavy (non-hydrogen) atoms. The summed E-state index contributed by atoms with van der Waals surface area (Å²) in [6, 6.07) is 0. The Morgan fingerprint density at radius 1 is 1.27 bits per heavy atom. The van der Waals surface area contributed by atoms with Gasteiger partial charge in [-0.2, -0.15) is 5.10 Å². The van der Waals surface area contributed by atoms with E-state index in [0.717, 1.165) is 12.1 Å². The molecule has 1 aromatic rings. The summed E-state index contributed by atoms with van der Waals surface area (Å²) in [6.07, 6.45) is 3.54. The maximum Gasteiger partial charge on any atom is 0.525 e. The number of rotatable bonds is 4. The van der Waals surface area contributed by atoms with Crippen LogP contribution in [0.15, 0.2) is 18.1 Å². The van der Waals surface area contributed by atoms with Crippen molar-refractivity contribution in [1.82, 2.24) is 9.78 Å². The van der Waals surface area contributed by atoms with Crippen molar-refractivity contribution in [1.29, 1.82) is 0 Å². The van der Waals surface area contributed by atoms with Crippen LogP contribution in [0.5, 0.6) is 0 Å². The average Bonchev–Trinajstić information content (AvgIpc) is 2.90. The zero-order valence-corrected chi connectivity index (χ0v) is 14.6. The summed E-state index contributed by atoms with van der Waals surface area (Å²) in [4.78, 5) is 0. The lowest BCUT2D eigenvalue weighted by atomic mass is 9.84. The maximum atomic E-state index is 14.7. The molecule has 0 N–H and O–H groups in total. The fraction of sp³-hybridized carbons (Fsp3) is 0.688. The number of hydrogen-bond acceptors (Lipinski definition) is 3. The van der Waals surface area contributed by atoms with E-state index in [1.54, 1.807) is 13.1 Å². The highest BCUT2D eigenvalue weighted by atomic mass is 19.1. The van der Waals surface area contributed by atoms with Crippen LogP contribution >= 0.6 is 0 Å². The van der Waals surface area contributed by atoms with Crippen molar-refractivity contribution < 1.29 is 13.7 Å². The van der Waals surface area contributed by atoms with Crippen LogP contribution in [0, 0.1) is 5.92 Å². The van der Waals surface area contributed by atoms with Gasteiger partial charge in [-0.05, 0) is 46.1 Å². The molecule has 2 heterocycles. The normalized spacial score (nSPS) is 21.4. The zero-order valence-electron chi connectivity index (χ0n) is 14.6. The Labute approximate surface area is 132 Å². The molecule has 0 bridgehead atoms. The molecule has 1 saturated heterocycles. The fourth-order valence-corrected chi connectivity index (χ4v) is 2.29. The first kappa shape index (κ1) is 17.2. The Balaban J connectivity index is 2.21. The third kappa shape index (κ3) is 3.28. The number of allylic oxidation sites excluding steroid dienone is 1. The second-order valence-corrected chi connectivity index (χ2v) is 7.41. The van der Waals surface area contributed by atoms with Crippen LogP contribution in [0.4, 0.5) is 4.39 Å². The van der Waals surface area contributed by atoms with Crippen molar-refractivity contribution >= 4 is 12.7 Å². The summed E-state index contributed by atoms with van der Waals surface area (Å²) >= 11 is 0. The minimum Gasteiger partial charge on any atom is -0.398 e. The number of nitrogens with zero attached hydrogens (tertiary/aromatic N) is 2. The van der Waals surface area contributed by atoms with Crippen molar-refractivity contribution in [3.8, 4) is 0 Å². The first-order valence-electron chi connectivity index (χ1n) is 7.78. The fourth-order valence-electron chi connectivity index (χ4n) is 2.29. The third-order valence-corrected chi connectivity index (χ3v) is 4.44. The molecule has 1 aliphatic rings. The van der Waals surface area contributed by atoms with Gasteiger partial charge in [0.1, 0.15) is 5.73 Å². The Kier molecular flexibility index (Phi) is 4.55. The number of aromatic nitrogens is 2. The summed E-state index contributed by atoms with van der Waals surface area (Å²) in [5.74, 6) is 0.491. The monoisotopic (exact) mass is 308 g/mol. The highest BCUT2D eigenvalue weighted by molar-refractivity contribution is 6.55. The van der Waals surface area contributed by atoms with Crippen LogP contribution in [0.1, 0.15) is 54.0 Å². The van der Waals surface area contributed by atoms with Gasteiger partial charge in [0.25, 0.3) is 0 Å². The van der Waals surface area contributed by atoms with Gasteiger partial charge in [0.15, 0.2) is 0 Å². The van der Waals surface area contributed by atoms with E-state index in [9.17, 15) is 4.39 Å². The van der Waals surface area contributed by atoms with Gasteiger partial charge in [-0.1, -0.05) is 13.8 Å². The second-order valence-electron chi connectivity index (χ2n) is 7.41. The quantitative estimate of drug-likeness (QED) is 0.792. The van der Waals surface area contributed by atoms with Gasteiger partial charge < -0.3 is 9.31 Å². The van der Waals surface area contributed by atoms with Crippen molar-refractivity contribution in [2.75, 3.05) is 0 Å². The molecule has 122 valence electrons. The molecule has 0 unspecified atom stereocenters. The summed E-state index contributed by atoms with van der Waals surface area (Å²) in [6.45, 7) is 14.4. The van der Waals surface area contributed by atoms with Gasteiger partial charge >= 0.3 is 7.12 Å². The van der Waals surface area contributed by atoms with Crippen LogP contribution in [0.2, 0.25) is 0 Å². The molecule has 2 rings (SSSR count). The molecule has 6 heteroatoms. The van der Waals surface area contributed by atoms with Gasteiger partial charge in [0.05, 0.1) is 17.4 Å². The maximum absolute atomic E-state index is 14.7. The largest absolute Gasteiger partial charge is 0.525 e. The van der Waals surface area contributed by atoms with Gasteiger partial charge in [-0.25, -0.2) is 4.39 Å². The molecule has 0 amide bonds. The highest BCUT2D eigenvalue weighted by Gasteiger charge is 2.53. The molecule has 0 radical (unpaired) electrons. The van der Waals surface area contributed by atoms with E-state index >= 15 is 0 Å². The van der Waals surface area contributed by atoms with E-state index < -0.39 is 18.3 Å². The minimum atomic E-state index is -0.960. The number of hydrogen-bond donors (Lipinski definition) is 0. The standard InChI is InChI=1S/C16H26BFN2O2/c1-11(2)9-20-10-13(8-19-20)12(3)14(18)17-21-15(4,5)16(6,7)22-17/h8,10-11H,9H2,1-7H3. The van der Waals surface area contributed by atoms with E-state index in [1.807, 2.05) is 38.6 Å². The number of halogens is 1. The Morgan fingerprint density at radius 2 is 1.82 bits per heavy atom. The van der Waals surface area contributed by atoms with Gasteiger partial charge in [0.2, 0.25) is 0 Å². The molecule has 4 nitrogen and oxygen atoms in total. The molecule has 1 aliphatic heterocycles. The summed E-state index contributed by atoms with van der Waals surface area (Å²) in [5, 5.41) is 4.28. The van der Waals surface area contributed by atoms with Crippen molar-refractivity contribution in [2.45, 2.75) is 66.2 Å². The Hall–Kier alpha value is -1.14. The highest BCUT2D eigenvalue weighted by Crippen LogP contribution is 2.40. The molecule has 0 aromatic carbocycles. The topological polar surface area (TPSA) is 36.3 Å². The van der Waals surface area contributed by atoms with Crippen LogP contribution < -0.4 is 0 Å². The summed E-state index contributed by atoms with van der Waals surface area (Å²) in [5.41, 5.74) is -0.210. The minimum absolute atomic E-state index is 0.386. The lowest BCUT2D eigenvalue weighted by Crippen LogP contribution is -2.41.